The van der Waals surface area contributed by atoms with E-state index in [1.807, 2.05) is 13.0 Å². The van der Waals surface area contributed by atoms with Crippen LogP contribution in [0.5, 0.6) is 0 Å². The van der Waals surface area contributed by atoms with Gasteiger partial charge in [0.1, 0.15) is 6.04 Å². The Kier molecular flexibility index (Phi) is 4.65. The summed E-state index contributed by atoms with van der Waals surface area (Å²) in [4.78, 5) is 26.0. The van der Waals surface area contributed by atoms with E-state index in [4.69, 9.17) is 16.3 Å². The highest BCUT2D eigenvalue weighted by Gasteiger charge is 2.36. The normalized spacial score (nSPS) is 18.1. The molecule has 4 nitrogen and oxygen atoms in total. The van der Waals surface area contributed by atoms with Gasteiger partial charge in [-0.05, 0) is 38.3 Å². The quantitative estimate of drug-likeness (QED) is 0.806. The molecule has 1 fully saturated rings. The van der Waals surface area contributed by atoms with Gasteiger partial charge in [-0.1, -0.05) is 23.7 Å². The highest BCUT2D eigenvalue weighted by Crippen LogP contribution is 2.26. The summed E-state index contributed by atoms with van der Waals surface area (Å²) < 4.78 is 5.03. The monoisotopic (exact) mass is 295 g/mol. The summed E-state index contributed by atoms with van der Waals surface area (Å²) in [5.74, 6) is -0.531. The van der Waals surface area contributed by atoms with Crippen molar-refractivity contribution in [1.29, 1.82) is 0 Å². The zero-order valence-electron chi connectivity index (χ0n) is 11.7. The number of carbonyl (C=O) groups is 2. The van der Waals surface area contributed by atoms with Gasteiger partial charge in [0.2, 0.25) is 0 Å². The molecule has 2 rings (SSSR count). The minimum atomic E-state index is -0.487. The molecule has 1 aliphatic rings. The molecule has 1 aromatic rings. The van der Waals surface area contributed by atoms with Crippen molar-refractivity contribution in [3.8, 4) is 0 Å². The molecule has 0 spiro atoms. The first-order valence-corrected chi connectivity index (χ1v) is 7.16. The number of esters is 1. The molecule has 0 aromatic heterocycles. The SMILES string of the molecule is CCOC(=O)C1CCCN1C(=O)c1cccc(C)c1Cl. The van der Waals surface area contributed by atoms with Crippen molar-refractivity contribution in [1.82, 2.24) is 4.90 Å². The third-order valence-electron chi connectivity index (χ3n) is 3.49. The van der Waals surface area contributed by atoms with Gasteiger partial charge in [-0.3, -0.25) is 4.79 Å². The van der Waals surface area contributed by atoms with Gasteiger partial charge in [0.25, 0.3) is 5.91 Å². The molecular weight excluding hydrogens is 278 g/mol. The average Bonchev–Trinajstić information content (AvgIpc) is 2.91. The lowest BCUT2D eigenvalue weighted by Gasteiger charge is -2.23. The maximum atomic E-state index is 12.6. The van der Waals surface area contributed by atoms with Crippen LogP contribution in [0.2, 0.25) is 5.02 Å². The van der Waals surface area contributed by atoms with Crippen molar-refractivity contribution in [2.24, 2.45) is 0 Å². The lowest BCUT2D eigenvalue weighted by molar-refractivity contribution is -0.147. The first kappa shape index (κ1) is 14.9. The molecule has 20 heavy (non-hydrogen) atoms. The number of benzene rings is 1. The predicted molar refractivity (Wildman–Crippen MR) is 76.9 cm³/mol. The number of hydrogen-bond donors (Lipinski definition) is 0. The van der Waals surface area contributed by atoms with Gasteiger partial charge in [-0.2, -0.15) is 0 Å². The fourth-order valence-electron chi connectivity index (χ4n) is 2.46. The van der Waals surface area contributed by atoms with Crippen LogP contribution in [-0.2, 0) is 9.53 Å². The molecule has 0 aliphatic carbocycles. The Labute approximate surface area is 123 Å². The van der Waals surface area contributed by atoms with E-state index in [9.17, 15) is 9.59 Å². The summed E-state index contributed by atoms with van der Waals surface area (Å²) in [6.07, 6.45) is 1.45. The largest absolute Gasteiger partial charge is 0.464 e. The second kappa shape index (κ2) is 6.27. The van der Waals surface area contributed by atoms with Gasteiger partial charge >= 0.3 is 5.97 Å². The van der Waals surface area contributed by atoms with Gasteiger partial charge in [-0.25, -0.2) is 4.79 Å². The van der Waals surface area contributed by atoms with E-state index in [1.54, 1.807) is 24.0 Å². The van der Waals surface area contributed by atoms with Crippen LogP contribution in [0.15, 0.2) is 18.2 Å². The minimum Gasteiger partial charge on any atom is -0.464 e. The summed E-state index contributed by atoms with van der Waals surface area (Å²) in [5, 5.41) is 0.451. The Hall–Kier alpha value is -1.55. The first-order valence-electron chi connectivity index (χ1n) is 6.79. The molecule has 1 aromatic carbocycles. The molecule has 0 bridgehead atoms. The zero-order valence-corrected chi connectivity index (χ0v) is 12.4. The molecule has 1 aliphatic heterocycles. The van der Waals surface area contributed by atoms with Crippen LogP contribution in [0, 0.1) is 6.92 Å². The van der Waals surface area contributed by atoms with Gasteiger partial charge in [-0.15, -0.1) is 0 Å². The highest BCUT2D eigenvalue weighted by molar-refractivity contribution is 6.34. The van der Waals surface area contributed by atoms with E-state index in [0.29, 0.717) is 30.2 Å². The number of amides is 1. The Bertz CT molecular complexity index is 530. The molecule has 5 heteroatoms. The van der Waals surface area contributed by atoms with Crippen molar-refractivity contribution >= 4 is 23.5 Å². The van der Waals surface area contributed by atoms with E-state index in [1.165, 1.54) is 0 Å². The summed E-state index contributed by atoms with van der Waals surface area (Å²) in [5.41, 5.74) is 1.30. The highest BCUT2D eigenvalue weighted by atomic mass is 35.5. The number of hydrogen-bond acceptors (Lipinski definition) is 3. The second-order valence-electron chi connectivity index (χ2n) is 4.85. The number of rotatable bonds is 3. The van der Waals surface area contributed by atoms with Crippen LogP contribution in [0.1, 0.15) is 35.7 Å². The average molecular weight is 296 g/mol. The predicted octanol–water partition coefficient (Wildman–Crippen LogP) is 2.82. The van der Waals surface area contributed by atoms with Crippen molar-refractivity contribution in [2.45, 2.75) is 32.7 Å². The zero-order chi connectivity index (χ0) is 14.7. The first-order chi connectivity index (χ1) is 9.56. The van der Waals surface area contributed by atoms with Crippen LogP contribution < -0.4 is 0 Å². The maximum Gasteiger partial charge on any atom is 0.328 e. The third kappa shape index (κ3) is 2.80. The third-order valence-corrected chi connectivity index (χ3v) is 4.00. The fourth-order valence-corrected chi connectivity index (χ4v) is 2.67. The second-order valence-corrected chi connectivity index (χ2v) is 5.22. The lowest BCUT2D eigenvalue weighted by atomic mass is 10.1. The van der Waals surface area contributed by atoms with E-state index >= 15 is 0 Å². The maximum absolute atomic E-state index is 12.6. The molecule has 1 amide bonds. The van der Waals surface area contributed by atoms with Crippen LogP contribution in [-0.4, -0.2) is 36.0 Å². The van der Waals surface area contributed by atoms with Gasteiger partial charge in [0, 0.05) is 6.54 Å². The molecule has 108 valence electrons. The number of ether oxygens (including phenoxy) is 1. The van der Waals surface area contributed by atoms with Crippen molar-refractivity contribution in [2.75, 3.05) is 13.2 Å². The number of aryl methyl sites for hydroxylation is 1. The van der Waals surface area contributed by atoms with Gasteiger partial charge in [0.15, 0.2) is 0 Å². The molecule has 1 unspecified atom stereocenters. The Morgan fingerprint density at radius 3 is 2.90 bits per heavy atom. The topological polar surface area (TPSA) is 46.6 Å². The Balaban J connectivity index is 2.23. The summed E-state index contributed by atoms with van der Waals surface area (Å²) in [6, 6.07) is 4.85. The van der Waals surface area contributed by atoms with Gasteiger partial charge in [0.05, 0.1) is 17.2 Å². The minimum absolute atomic E-state index is 0.200. The molecular formula is C15H18ClNO3. The molecule has 0 N–H and O–H groups in total. The standard InChI is InChI=1S/C15H18ClNO3/c1-3-20-15(19)12-8-5-9-17(12)14(18)11-7-4-6-10(2)13(11)16/h4,6-7,12H,3,5,8-9H2,1-2H3. The van der Waals surface area contributed by atoms with E-state index < -0.39 is 6.04 Å². The van der Waals surface area contributed by atoms with Crippen molar-refractivity contribution in [3.05, 3.63) is 34.3 Å². The molecule has 1 heterocycles. The van der Waals surface area contributed by atoms with Crippen molar-refractivity contribution in [3.63, 3.8) is 0 Å². The van der Waals surface area contributed by atoms with Crippen LogP contribution >= 0.6 is 11.6 Å². The lowest BCUT2D eigenvalue weighted by Crippen LogP contribution is -2.41. The van der Waals surface area contributed by atoms with E-state index in [0.717, 1.165) is 12.0 Å². The molecule has 0 saturated carbocycles. The van der Waals surface area contributed by atoms with E-state index in [2.05, 4.69) is 0 Å². The summed E-state index contributed by atoms with van der Waals surface area (Å²) >= 11 is 6.19. The molecule has 0 radical (unpaired) electrons. The van der Waals surface area contributed by atoms with E-state index in [-0.39, 0.29) is 11.9 Å². The van der Waals surface area contributed by atoms with Crippen molar-refractivity contribution < 1.29 is 14.3 Å². The summed E-state index contributed by atoms with van der Waals surface area (Å²) in [6.45, 7) is 4.50. The molecule has 1 atom stereocenters. The fraction of sp³-hybridized carbons (Fsp3) is 0.467. The van der Waals surface area contributed by atoms with Crippen LogP contribution in [0.3, 0.4) is 0 Å². The number of nitrogens with zero attached hydrogens (tertiary/aromatic N) is 1. The Morgan fingerprint density at radius 2 is 2.20 bits per heavy atom. The number of halogens is 1. The van der Waals surface area contributed by atoms with Crippen LogP contribution in [0.25, 0.3) is 0 Å². The molecule has 1 saturated heterocycles. The van der Waals surface area contributed by atoms with Crippen LogP contribution in [0.4, 0.5) is 0 Å². The Morgan fingerprint density at radius 1 is 1.45 bits per heavy atom. The smallest absolute Gasteiger partial charge is 0.328 e. The summed E-state index contributed by atoms with van der Waals surface area (Å²) in [7, 11) is 0. The van der Waals surface area contributed by atoms with Gasteiger partial charge < -0.3 is 9.64 Å². The number of likely N-dealkylation sites (tertiary alicyclic amines) is 1. The number of carbonyl (C=O) groups excluding carboxylic acids is 2.